The third kappa shape index (κ3) is 8.79. The second-order valence-corrected chi connectivity index (χ2v) is 15.4. The Labute approximate surface area is 297 Å². The monoisotopic (exact) mass is 710 g/mol. The minimum atomic E-state index is -1.72. The molecule has 0 aromatic heterocycles. The molecular weight excluding hydrogens is 651 g/mol. The van der Waals surface area contributed by atoms with Gasteiger partial charge in [0.05, 0.1) is 30.5 Å². The van der Waals surface area contributed by atoms with Gasteiger partial charge < -0.3 is 48.7 Å². The summed E-state index contributed by atoms with van der Waals surface area (Å²) in [5, 5.41) is 21.6. The predicted molar refractivity (Wildman–Crippen MR) is 184 cm³/mol. The molecule has 15 heteroatoms. The number of fused-ring (bicyclic) bond motifs is 1. The van der Waals surface area contributed by atoms with E-state index in [0.29, 0.717) is 6.42 Å². The second-order valence-electron chi connectivity index (χ2n) is 15.4. The lowest BCUT2D eigenvalue weighted by atomic mass is 9.71. The van der Waals surface area contributed by atoms with E-state index in [0.717, 1.165) is 5.98 Å². The average Bonchev–Trinajstić information content (AvgIpc) is 3.35. The first-order valence-electron chi connectivity index (χ1n) is 17.6. The summed E-state index contributed by atoms with van der Waals surface area (Å²) in [6.07, 6.45) is -2.21. The number of hydrogen-bond donors (Lipinski definition) is 3. The van der Waals surface area contributed by atoms with E-state index >= 15 is 0 Å². The summed E-state index contributed by atoms with van der Waals surface area (Å²) in [6.45, 7) is 15.0. The first-order chi connectivity index (χ1) is 23.1. The summed E-state index contributed by atoms with van der Waals surface area (Å²) < 4.78 is 37.3. The van der Waals surface area contributed by atoms with Crippen LogP contribution in [0, 0.1) is 23.2 Å². The predicted octanol–water partition coefficient (Wildman–Crippen LogP) is 2.46. The molecule has 1 unspecified atom stereocenters. The highest BCUT2D eigenvalue weighted by molar-refractivity contribution is 6.47. The number of esters is 1. The molecule has 0 aromatic carbocycles. The lowest BCUT2D eigenvalue weighted by Gasteiger charge is -2.48. The molecule has 3 heterocycles. The third-order valence-electron chi connectivity index (χ3n) is 10.8. The number of nitrogens with zero attached hydrogens (tertiary/aromatic N) is 1. The van der Waals surface area contributed by atoms with Gasteiger partial charge in [-0.1, -0.05) is 39.7 Å². The number of likely N-dealkylation sites (N-methyl/N-ethyl adjacent to an activating group) is 1. The van der Waals surface area contributed by atoms with Crippen molar-refractivity contribution < 1.29 is 57.6 Å². The SMILES string of the molecule is CC[C@H]1OC(=O)C(C)(C)C(=O)[C@H](C)[C@@H](OC2O[C@H](C)C[C@H](N(C)C)[C@H]2OC)[C@@](C)(OC/C=C/B(O)O)C[C@@H](C)C(=O)[C@H](C)[C@H]2NC(=O)O[C@@]21C. The number of nitrogens with one attached hydrogen (secondary N) is 1. The fourth-order valence-electron chi connectivity index (χ4n) is 7.97. The molecule has 0 saturated carbocycles. The fourth-order valence-corrected chi connectivity index (χ4v) is 7.97. The van der Waals surface area contributed by atoms with Gasteiger partial charge in [0.2, 0.25) is 0 Å². The number of hydrogen-bond acceptors (Lipinski definition) is 13. The number of rotatable bonds is 9. The first kappa shape index (κ1) is 42.0. The van der Waals surface area contributed by atoms with Gasteiger partial charge in [0.25, 0.3) is 0 Å². The van der Waals surface area contributed by atoms with Crippen molar-refractivity contribution in [1.29, 1.82) is 0 Å². The molecular formula is C35H59BN2O12. The molecule has 0 radical (unpaired) electrons. The van der Waals surface area contributed by atoms with Crippen LogP contribution < -0.4 is 5.32 Å². The number of carbonyl (C=O) groups excluding carboxylic acids is 4. The number of carbonyl (C=O) groups is 4. The molecule has 3 N–H and O–H groups in total. The van der Waals surface area contributed by atoms with Crippen LogP contribution in [0.2, 0.25) is 0 Å². The molecule has 1 amide bonds. The van der Waals surface area contributed by atoms with Crippen LogP contribution in [0.4, 0.5) is 4.79 Å². The third-order valence-corrected chi connectivity index (χ3v) is 10.8. The number of ketones is 2. The van der Waals surface area contributed by atoms with Crippen LogP contribution >= 0.6 is 0 Å². The van der Waals surface area contributed by atoms with E-state index in [1.807, 2.05) is 25.9 Å². The quantitative estimate of drug-likeness (QED) is 0.181. The molecule has 50 heavy (non-hydrogen) atoms. The molecule has 3 rings (SSSR count). The summed E-state index contributed by atoms with van der Waals surface area (Å²) in [4.78, 5) is 57.5. The summed E-state index contributed by atoms with van der Waals surface area (Å²) in [7, 11) is 3.71. The summed E-state index contributed by atoms with van der Waals surface area (Å²) in [5.41, 5.74) is -4.50. The molecule has 12 atom stereocenters. The zero-order valence-electron chi connectivity index (χ0n) is 31.8. The van der Waals surface area contributed by atoms with E-state index in [-0.39, 0.29) is 37.4 Å². The largest absolute Gasteiger partial charge is 0.480 e. The molecule has 14 nitrogen and oxygen atoms in total. The van der Waals surface area contributed by atoms with Crippen LogP contribution in [0.5, 0.6) is 0 Å². The molecule has 0 aromatic rings. The van der Waals surface area contributed by atoms with Crippen LogP contribution in [-0.2, 0) is 42.8 Å². The van der Waals surface area contributed by atoms with Crippen LogP contribution in [0.1, 0.15) is 81.6 Å². The number of Topliss-reactive ketones (excluding diaryl/α,β-unsaturated/α-hetero) is 2. The fraction of sp³-hybridized carbons (Fsp3) is 0.829. The van der Waals surface area contributed by atoms with Crippen LogP contribution in [-0.4, -0.2) is 127 Å². The van der Waals surface area contributed by atoms with Crippen molar-refractivity contribution >= 4 is 30.7 Å². The maximum atomic E-state index is 14.6. The van der Waals surface area contributed by atoms with Gasteiger partial charge >= 0.3 is 19.2 Å². The van der Waals surface area contributed by atoms with E-state index in [2.05, 4.69) is 5.32 Å². The number of methoxy groups -OCH3 is 1. The number of cyclic esters (lactones) is 1. The number of alkyl carbamates (subject to hydrolysis) is 1. The Balaban J connectivity index is 2.22. The maximum Gasteiger partial charge on any atom is 0.480 e. The Kier molecular flexibility index (Phi) is 13.9. The topological polar surface area (TPSA) is 179 Å². The van der Waals surface area contributed by atoms with Crippen molar-refractivity contribution in [3.05, 3.63) is 12.1 Å². The Morgan fingerprint density at radius 3 is 2.24 bits per heavy atom. The normalized spacial score (nSPS) is 40.2. The van der Waals surface area contributed by atoms with Crippen LogP contribution in [0.25, 0.3) is 0 Å². The van der Waals surface area contributed by atoms with Gasteiger partial charge in [0.15, 0.2) is 17.7 Å². The second kappa shape index (κ2) is 16.5. The van der Waals surface area contributed by atoms with Crippen molar-refractivity contribution in [3.63, 3.8) is 0 Å². The van der Waals surface area contributed by atoms with Gasteiger partial charge in [-0.2, -0.15) is 0 Å². The van der Waals surface area contributed by atoms with E-state index in [4.69, 9.17) is 28.4 Å². The Morgan fingerprint density at radius 1 is 1.04 bits per heavy atom. The smallest absolute Gasteiger partial charge is 0.457 e. The summed E-state index contributed by atoms with van der Waals surface area (Å²) in [5.74, 6) is -2.91. The minimum absolute atomic E-state index is 0.0470. The Morgan fingerprint density at radius 2 is 1.68 bits per heavy atom. The first-order valence-corrected chi connectivity index (χ1v) is 17.6. The number of amides is 1. The van der Waals surface area contributed by atoms with Gasteiger partial charge in [0.1, 0.15) is 23.4 Å². The molecule has 0 spiro atoms. The molecule has 3 aliphatic rings. The van der Waals surface area contributed by atoms with Crippen molar-refractivity contribution in [2.75, 3.05) is 27.8 Å². The molecule has 0 aliphatic carbocycles. The van der Waals surface area contributed by atoms with Gasteiger partial charge in [-0.3, -0.25) is 14.4 Å². The molecule has 3 saturated heterocycles. The minimum Gasteiger partial charge on any atom is -0.457 e. The number of ether oxygens (including phenoxy) is 6. The van der Waals surface area contributed by atoms with Crippen molar-refractivity contribution in [3.8, 4) is 0 Å². The molecule has 3 fully saturated rings. The lowest BCUT2D eigenvalue weighted by Crippen LogP contribution is -2.61. The maximum absolute atomic E-state index is 14.6. The van der Waals surface area contributed by atoms with E-state index in [1.165, 1.54) is 19.9 Å². The Bertz CT molecular complexity index is 1260. The van der Waals surface area contributed by atoms with Gasteiger partial charge in [0, 0.05) is 30.9 Å². The molecule has 284 valence electrons. The van der Waals surface area contributed by atoms with Crippen LogP contribution in [0.3, 0.4) is 0 Å². The summed E-state index contributed by atoms with van der Waals surface area (Å²) >= 11 is 0. The van der Waals surface area contributed by atoms with E-state index < -0.39 is 90.0 Å². The molecule has 0 bridgehead atoms. The van der Waals surface area contributed by atoms with Crippen LogP contribution in [0.15, 0.2) is 12.1 Å². The van der Waals surface area contributed by atoms with E-state index in [1.54, 1.807) is 48.7 Å². The zero-order valence-corrected chi connectivity index (χ0v) is 31.8. The zero-order chi connectivity index (χ0) is 37.9. The van der Waals surface area contributed by atoms with Crippen molar-refractivity contribution in [2.45, 2.75) is 136 Å². The Hall–Kier alpha value is -2.40. The van der Waals surface area contributed by atoms with Gasteiger partial charge in [-0.25, -0.2) is 4.79 Å². The lowest BCUT2D eigenvalue weighted by molar-refractivity contribution is -0.300. The van der Waals surface area contributed by atoms with Crippen molar-refractivity contribution in [2.24, 2.45) is 23.2 Å². The highest BCUT2D eigenvalue weighted by Gasteiger charge is 2.58. The highest BCUT2D eigenvalue weighted by atomic mass is 16.7. The summed E-state index contributed by atoms with van der Waals surface area (Å²) in [6, 6.07) is -0.949. The standard InChI is InChI=1S/C35H59BN2O12/c1-13-24-35(9)27(37-32(42)50-35)21(4)25(39)19(2)18-34(8,46-16-14-15-36(43)44)29(22(5)28(40)33(6,7)31(41)48-24)49-30-26(45-12)23(38(10)11)17-20(3)47-30/h14-15,19-24,26-27,29-30,43-44H,13,16-18H2,1-12H3,(H,37,42)/b15-14+/t19-,20-,21+,22+,23+,24-,26-,27-,29-,30?,34+,35-/m1/s1. The molecule has 3 aliphatic heterocycles. The van der Waals surface area contributed by atoms with E-state index in [9.17, 15) is 29.2 Å². The highest BCUT2D eigenvalue weighted by Crippen LogP contribution is 2.42. The average molecular weight is 711 g/mol. The van der Waals surface area contributed by atoms with Crippen molar-refractivity contribution in [1.82, 2.24) is 10.2 Å². The van der Waals surface area contributed by atoms with Gasteiger partial charge in [-0.05, 0) is 68.0 Å². The van der Waals surface area contributed by atoms with Gasteiger partial charge in [-0.15, -0.1) is 0 Å².